The van der Waals surface area contributed by atoms with Crippen LogP contribution in [0.1, 0.15) is 0 Å². The molecule has 46 valence electrons. The zero-order valence-electron chi connectivity index (χ0n) is 4.71. The third-order valence-electron chi connectivity index (χ3n) is 0.409. The molecule has 9 heavy (non-hydrogen) atoms. The van der Waals surface area contributed by atoms with Gasteiger partial charge in [0, 0.05) is 0 Å². The van der Waals surface area contributed by atoms with E-state index in [1.54, 1.807) is 0 Å². The van der Waals surface area contributed by atoms with Gasteiger partial charge in [-0.15, -0.1) is 0 Å². The first-order valence-electron chi connectivity index (χ1n) is 1.61. The molecule has 0 atom stereocenters. The Morgan fingerprint density at radius 2 is 1.22 bits per heavy atom. The van der Waals surface area contributed by atoms with E-state index in [0.717, 1.165) is 11.0 Å². The van der Waals surface area contributed by atoms with Crippen LogP contribution in [0.25, 0.3) is 0 Å². The van der Waals surface area contributed by atoms with Crippen LogP contribution >= 0.6 is 0 Å². The molecule has 0 aromatic heterocycles. The summed E-state index contributed by atoms with van der Waals surface area (Å²) in [6.45, 7) is 0. The van der Waals surface area contributed by atoms with Gasteiger partial charge in [-0.1, -0.05) is 0 Å². The average molecular weight is 159 g/mol. The van der Waals surface area contributed by atoms with Crippen molar-refractivity contribution in [1.29, 1.82) is 0 Å². The number of rotatable bonds is 0. The van der Waals surface area contributed by atoms with E-state index < -0.39 is 11.8 Å². The van der Waals surface area contributed by atoms with E-state index in [-0.39, 0.29) is 51.4 Å². The summed E-state index contributed by atoms with van der Waals surface area (Å²) in [7, 11) is 0. The smallest absolute Gasteiger partial charge is 0.288 e. The molecule has 0 radical (unpaired) electrons. The molecule has 0 aromatic carbocycles. The molecule has 0 bridgehead atoms. The first kappa shape index (κ1) is 12.2. The summed E-state index contributed by atoms with van der Waals surface area (Å²) in [6, 6.07) is 0. The maximum absolute atomic E-state index is 9.81. The SMILES string of the molecule is O=C(NO)C(=O)NO.[K+]. The summed E-state index contributed by atoms with van der Waals surface area (Å²) in [4.78, 5) is 19.6. The van der Waals surface area contributed by atoms with E-state index in [4.69, 9.17) is 10.4 Å². The Morgan fingerprint density at radius 1 is 1.00 bits per heavy atom. The van der Waals surface area contributed by atoms with Gasteiger partial charge in [0.1, 0.15) is 0 Å². The number of carbonyl (C=O) groups excluding carboxylic acids is 2. The molecular formula is C2H4KN2O4+. The molecule has 0 aliphatic carbocycles. The predicted octanol–water partition coefficient (Wildman–Crippen LogP) is -5.00. The van der Waals surface area contributed by atoms with Crippen LogP contribution in [0.2, 0.25) is 0 Å². The Balaban J connectivity index is 0. The van der Waals surface area contributed by atoms with Crippen LogP contribution in [0.4, 0.5) is 0 Å². The molecule has 0 saturated carbocycles. The Bertz CT molecular complexity index is 101. The van der Waals surface area contributed by atoms with Crippen molar-refractivity contribution in [3.63, 3.8) is 0 Å². The maximum atomic E-state index is 9.81. The quantitative estimate of drug-likeness (QED) is 0.123. The topological polar surface area (TPSA) is 98.7 Å². The molecule has 4 N–H and O–H groups in total. The third-order valence-corrected chi connectivity index (χ3v) is 0.409. The fourth-order valence-corrected chi connectivity index (χ4v) is 0.102. The van der Waals surface area contributed by atoms with Gasteiger partial charge in [0.15, 0.2) is 0 Å². The van der Waals surface area contributed by atoms with Crippen molar-refractivity contribution < 1.29 is 71.4 Å². The Morgan fingerprint density at radius 3 is 1.33 bits per heavy atom. The predicted molar refractivity (Wildman–Crippen MR) is 19.9 cm³/mol. The van der Waals surface area contributed by atoms with Crippen molar-refractivity contribution in [2.45, 2.75) is 0 Å². The standard InChI is InChI=1S/C2H4N2O4.K/c5-1(3-7)2(6)4-8;/h7-8H,(H,3,5)(H,4,6);/q;+1. The molecule has 0 heterocycles. The zero-order valence-corrected chi connectivity index (χ0v) is 7.83. The van der Waals surface area contributed by atoms with E-state index in [2.05, 4.69) is 0 Å². The second kappa shape index (κ2) is 6.61. The number of carbonyl (C=O) groups is 2. The number of amides is 2. The monoisotopic (exact) mass is 159 g/mol. The van der Waals surface area contributed by atoms with Crippen LogP contribution < -0.4 is 62.3 Å². The van der Waals surface area contributed by atoms with Crippen molar-refractivity contribution in [2.75, 3.05) is 0 Å². The van der Waals surface area contributed by atoms with E-state index in [0.29, 0.717) is 0 Å². The molecule has 0 aliphatic rings. The van der Waals surface area contributed by atoms with Crippen molar-refractivity contribution in [1.82, 2.24) is 11.0 Å². The van der Waals surface area contributed by atoms with Gasteiger partial charge in [0.05, 0.1) is 0 Å². The van der Waals surface area contributed by atoms with Gasteiger partial charge in [-0.2, -0.15) is 0 Å². The fourth-order valence-electron chi connectivity index (χ4n) is 0.102. The van der Waals surface area contributed by atoms with Crippen LogP contribution in [-0.4, -0.2) is 22.2 Å². The van der Waals surface area contributed by atoms with Gasteiger partial charge in [-0.3, -0.25) is 20.0 Å². The zero-order chi connectivity index (χ0) is 6.57. The van der Waals surface area contributed by atoms with Gasteiger partial charge in [-0.05, 0) is 0 Å². The summed E-state index contributed by atoms with van der Waals surface area (Å²) in [5.74, 6) is -2.62. The maximum Gasteiger partial charge on any atom is 1.00 e. The summed E-state index contributed by atoms with van der Waals surface area (Å²) < 4.78 is 0. The van der Waals surface area contributed by atoms with Crippen LogP contribution in [0.15, 0.2) is 0 Å². The van der Waals surface area contributed by atoms with Gasteiger partial charge in [0.25, 0.3) is 0 Å². The van der Waals surface area contributed by atoms with Crippen LogP contribution in [0.3, 0.4) is 0 Å². The van der Waals surface area contributed by atoms with Gasteiger partial charge < -0.3 is 0 Å². The molecule has 0 unspecified atom stereocenters. The van der Waals surface area contributed by atoms with E-state index >= 15 is 0 Å². The van der Waals surface area contributed by atoms with Crippen molar-refractivity contribution in [3.8, 4) is 0 Å². The van der Waals surface area contributed by atoms with Crippen molar-refractivity contribution in [2.24, 2.45) is 0 Å². The molecular weight excluding hydrogens is 155 g/mol. The number of hydroxylamine groups is 2. The molecule has 7 heteroatoms. The molecule has 0 saturated heterocycles. The Hall–Kier alpha value is 0.496. The van der Waals surface area contributed by atoms with Crippen molar-refractivity contribution in [3.05, 3.63) is 0 Å². The average Bonchev–Trinajstić information content (AvgIpc) is 1.84. The third kappa shape index (κ3) is 4.97. The summed E-state index contributed by atoms with van der Waals surface area (Å²) in [5, 5.41) is 15.3. The van der Waals surface area contributed by atoms with Gasteiger partial charge >= 0.3 is 63.2 Å². The normalized spacial score (nSPS) is 6.89. The molecule has 6 nitrogen and oxygen atoms in total. The van der Waals surface area contributed by atoms with Gasteiger partial charge in [-0.25, -0.2) is 11.0 Å². The molecule has 0 aliphatic heterocycles. The second-order valence-corrected chi connectivity index (χ2v) is 0.882. The van der Waals surface area contributed by atoms with Crippen LogP contribution in [0, 0.1) is 0 Å². The minimum atomic E-state index is -1.31. The molecule has 0 fully saturated rings. The summed E-state index contributed by atoms with van der Waals surface area (Å²) >= 11 is 0. The van der Waals surface area contributed by atoms with E-state index in [9.17, 15) is 9.59 Å². The summed E-state index contributed by atoms with van der Waals surface area (Å²) in [6.07, 6.45) is 0. The van der Waals surface area contributed by atoms with Crippen LogP contribution in [0.5, 0.6) is 0 Å². The van der Waals surface area contributed by atoms with Crippen LogP contribution in [-0.2, 0) is 9.59 Å². The summed E-state index contributed by atoms with van der Waals surface area (Å²) in [5.41, 5.74) is 2.01. The minimum Gasteiger partial charge on any atom is -0.288 e. The first-order chi connectivity index (χ1) is 3.72. The number of nitrogens with one attached hydrogen (secondary N) is 2. The molecule has 2 amide bonds. The van der Waals surface area contributed by atoms with E-state index in [1.165, 1.54) is 0 Å². The Kier molecular flexibility index (Phi) is 8.96. The first-order valence-corrected chi connectivity index (χ1v) is 1.61. The van der Waals surface area contributed by atoms with E-state index in [1.807, 2.05) is 0 Å². The fraction of sp³-hybridized carbons (Fsp3) is 0. The number of hydrogen-bond acceptors (Lipinski definition) is 4. The largest absolute Gasteiger partial charge is 1.00 e. The minimum absolute atomic E-state index is 0. The molecule has 0 spiro atoms. The van der Waals surface area contributed by atoms with Gasteiger partial charge in [0.2, 0.25) is 0 Å². The number of hydrogen-bond donors (Lipinski definition) is 4. The van der Waals surface area contributed by atoms with Crippen molar-refractivity contribution >= 4 is 11.8 Å². The Labute approximate surface area is 92.9 Å². The second-order valence-electron chi connectivity index (χ2n) is 0.882. The molecule has 0 rings (SSSR count). The molecule has 0 aromatic rings.